The Morgan fingerprint density at radius 1 is 0.759 bits per heavy atom. The highest BCUT2D eigenvalue weighted by molar-refractivity contribution is 6.73. The van der Waals surface area contributed by atoms with E-state index in [1.165, 1.54) is 19.1 Å². The van der Waals surface area contributed by atoms with Crippen molar-refractivity contribution in [3.8, 4) is 0 Å². The number of hydrogen-bond donors (Lipinski definition) is 3. The Kier molecular flexibility index (Phi) is 17.2. The van der Waals surface area contributed by atoms with E-state index in [0.29, 0.717) is 34.8 Å². The van der Waals surface area contributed by atoms with E-state index in [4.69, 9.17) is 28.1 Å². The van der Waals surface area contributed by atoms with Gasteiger partial charge in [-0.1, -0.05) is 138 Å². The SMILES string of the molecule is CC[Si](CC)(CC)O[C@H]1C[C@H]2OC[C@@]2(OC(C)=O)[C@H]2[C@H](OC(=O)c3ccccc3)[C@]3(O)C[C@H](OC(=O)[C@H](O)[C@@H](NC(=O)CCc4ccc(C(=O)c5ccccc5)cc4)c4ccccc4)C(C)=C([C@@H](OC(C)=O)C(=O)[C@]12C)C3(C)C. The van der Waals surface area contributed by atoms with Crippen LogP contribution in [0.25, 0.3) is 0 Å². The zero-order chi connectivity index (χ0) is 57.2. The van der Waals surface area contributed by atoms with Crippen LogP contribution in [0.4, 0.5) is 0 Å². The number of ketones is 2. The molecule has 3 fully saturated rings. The highest BCUT2D eigenvalue weighted by Gasteiger charge is 2.79. The van der Waals surface area contributed by atoms with Crippen LogP contribution in [0.5, 0.6) is 0 Å². The Labute approximate surface area is 462 Å². The molecule has 1 saturated heterocycles. The third kappa shape index (κ3) is 10.9. The molecular weight excluding hydrogens is 1030 g/mol. The van der Waals surface area contributed by atoms with Crippen LogP contribution >= 0.6 is 0 Å². The van der Waals surface area contributed by atoms with Gasteiger partial charge >= 0.3 is 23.9 Å². The van der Waals surface area contributed by atoms with Gasteiger partial charge < -0.3 is 43.6 Å². The van der Waals surface area contributed by atoms with Crippen molar-refractivity contribution < 1.29 is 71.9 Å². The van der Waals surface area contributed by atoms with Gasteiger partial charge in [0.25, 0.3) is 0 Å². The maximum absolute atomic E-state index is 16.4. The zero-order valence-corrected chi connectivity index (χ0v) is 47.4. The number of esters is 4. The van der Waals surface area contributed by atoms with Gasteiger partial charge in [-0.3, -0.25) is 24.0 Å². The molecule has 1 aliphatic heterocycles. The first-order valence-electron chi connectivity index (χ1n) is 27.3. The summed E-state index contributed by atoms with van der Waals surface area (Å²) in [6.07, 6.45) is -9.26. The second-order valence-corrected chi connectivity index (χ2v) is 27.0. The molecule has 4 aliphatic rings. The van der Waals surface area contributed by atoms with Gasteiger partial charge in [0.1, 0.15) is 23.9 Å². The summed E-state index contributed by atoms with van der Waals surface area (Å²) in [6.45, 7) is 14.7. The average molecular weight is 1100 g/mol. The molecule has 79 heavy (non-hydrogen) atoms. The van der Waals surface area contributed by atoms with Crippen LogP contribution in [0.1, 0.15) is 125 Å². The summed E-state index contributed by atoms with van der Waals surface area (Å²) in [6, 6.07) is 32.9. The summed E-state index contributed by atoms with van der Waals surface area (Å²) in [5.41, 5.74) is -5.07. The molecule has 0 unspecified atom stereocenters. The number of benzene rings is 4. The van der Waals surface area contributed by atoms with Gasteiger partial charge in [0.05, 0.1) is 35.6 Å². The molecule has 420 valence electrons. The maximum atomic E-state index is 16.4. The number of carbonyl (C=O) groups is 7. The van der Waals surface area contributed by atoms with Crippen molar-refractivity contribution in [1.82, 2.24) is 5.32 Å². The van der Waals surface area contributed by atoms with Crippen LogP contribution in [0.3, 0.4) is 0 Å². The third-order valence-electron chi connectivity index (χ3n) is 17.7. The predicted molar refractivity (Wildman–Crippen MR) is 293 cm³/mol. The van der Waals surface area contributed by atoms with Gasteiger partial charge in [0.2, 0.25) is 5.91 Å². The second-order valence-electron chi connectivity index (χ2n) is 22.3. The molecule has 3 aliphatic carbocycles. The van der Waals surface area contributed by atoms with E-state index in [1.807, 2.05) is 26.8 Å². The van der Waals surface area contributed by atoms with Crippen LogP contribution in [-0.2, 0) is 58.5 Å². The number of rotatable bonds is 19. The lowest BCUT2D eigenvalue weighted by Crippen LogP contribution is -2.82. The maximum Gasteiger partial charge on any atom is 0.338 e. The molecule has 16 nitrogen and oxygen atoms in total. The lowest BCUT2D eigenvalue weighted by atomic mass is 9.44. The van der Waals surface area contributed by atoms with E-state index in [0.717, 1.165) is 12.5 Å². The fourth-order valence-corrected chi connectivity index (χ4v) is 15.8. The highest BCUT2D eigenvalue weighted by Crippen LogP contribution is 2.65. The molecule has 0 spiro atoms. The summed E-state index contributed by atoms with van der Waals surface area (Å²) in [4.78, 5) is 99.8. The van der Waals surface area contributed by atoms with Crippen molar-refractivity contribution in [3.63, 3.8) is 0 Å². The number of Topliss-reactive ketones (excluding diaryl/α,β-unsaturated/α-hetero) is 1. The van der Waals surface area contributed by atoms with E-state index < -0.39 is 121 Å². The van der Waals surface area contributed by atoms with Crippen LogP contribution in [0.2, 0.25) is 18.1 Å². The fraction of sp³-hybridized carbons (Fsp3) is 0.468. The lowest BCUT2D eigenvalue weighted by molar-refractivity contribution is -0.344. The minimum Gasteiger partial charge on any atom is -0.456 e. The number of carbonyl (C=O) groups excluding carboxylic acids is 7. The first-order valence-corrected chi connectivity index (χ1v) is 29.8. The second kappa shape index (κ2) is 23.2. The number of aliphatic hydroxyl groups excluding tert-OH is 1. The van der Waals surface area contributed by atoms with Gasteiger partial charge in [-0.25, -0.2) is 9.59 Å². The van der Waals surface area contributed by atoms with Crippen molar-refractivity contribution >= 4 is 49.7 Å². The number of aliphatic hydroxyl groups is 2. The number of aryl methyl sites for hydroxylation is 1. The molecule has 17 heteroatoms. The molecule has 8 rings (SSSR count). The van der Waals surface area contributed by atoms with Crippen LogP contribution in [0.15, 0.2) is 126 Å². The van der Waals surface area contributed by atoms with Crippen molar-refractivity contribution in [3.05, 3.63) is 154 Å². The first-order chi connectivity index (χ1) is 37.5. The molecule has 4 aromatic rings. The molecule has 0 aromatic heterocycles. The van der Waals surface area contributed by atoms with E-state index >= 15 is 4.79 Å². The number of hydrogen-bond acceptors (Lipinski definition) is 15. The molecule has 2 bridgehead atoms. The number of fused-ring (bicyclic) bond motifs is 5. The van der Waals surface area contributed by atoms with Gasteiger partial charge in [-0.2, -0.15) is 0 Å². The van der Waals surface area contributed by atoms with E-state index in [1.54, 1.807) is 125 Å². The molecular formula is C62H73NO15Si. The smallest absolute Gasteiger partial charge is 0.338 e. The molecule has 0 radical (unpaired) electrons. The van der Waals surface area contributed by atoms with Crippen LogP contribution in [0, 0.1) is 16.7 Å². The Bertz CT molecular complexity index is 2950. The lowest BCUT2D eigenvalue weighted by Gasteiger charge is -2.68. The Hall–Kier alpha value is -6.63. The molecule has 1 heterocycles. The number of nitrogens with one attached hydrogen (secondary N) is 1. The van der Waals surface area contributed by atoms with Crippen LogP contribution in [-0.4, -0.2) is 114 Å². The minimum absolute atomic E-state index is 0.0626. The topological polar surface area (TPSA) is 227 Å². The molecule has 1 amide bonds. The Morgan fingerprint density at radius 2 is 1.33 bits per heavy atom. The van der Waals surface area contributed by atoms with E-state index in [2.05, 4.69) is 5.32 Å². The number of ether oxygens (including phenoxy) is 5. The van der Waals surface area contributed by atoms with Crippen LogP contribution < -0.4 is 5.32 Å². The summed E-state index contributed by atoms with van der Waals surface area (Å²) in [5, 5.41) is 29.2. The first kappa shape index (κ1) is 58.5. The Morgan fingerprint density at radius 3 is 1.87 bits per heavy atom. The van der Waals surface area contributed by atoms with E-state index in [9.17, 15) is 39.0 Å². The normalized spacial score (nSPS) is 27.7. The van der Waals surface area contributed by atoms with Gasteiger partial charge in [-0.15, -0.1) is 0 Å². The van der Waals surface area contributed by atoms with E-state index in [-0.39, 0.29) is 48.4 Å². The third-order valence-corrected chi connectivity index (χ3v) is 22.3. The predicted octanol–water partition coefficient (Wildman–Crippen LogP) is 8.32. The summed E-state index contributed by atoms with van der Waals surface area (Å²) < 4.78 is 39.1. The quantitative estimate of drug-likeness (QED) is 0.0264. The molecule has 3 N–H and O–H groups in total. The van der Waals surface area contributed by atoms with Crippen molar-refractivity contribution in [2.45, 2.75) is 160 Å². The summed E-state index contributed by atoms with van der Waals surface area (Å²) in [5.74, 6) is -6.46. The summed E-state index contributed by atoms with van der Waals surface area (Å²) in [7, 11) is -2.66. The van der Waals surface area contributed by atoms with Crippen molar-refractivity contribution in [1.29, 1.82) is 0 Å². The molecule has 11 atom stereocenters. The molecule has 2 saturated carbocycles. The average Bonchev–Trinajstić information content (AvgIpc) is 3.55. The van der Waals surface area contributed by atoms with Gasteiger partial charge in [0, 0.05) is 49.7 Å². The fourth-order valence-electron chi connectivity index (χ4n) is 12.9. The van der Waals surface area contributed by atoms with Crippen molar-refractivity contribution in [2.24, 2.45) is 16.7 Å². The summed E-state index contributed by atoms with van der Waals surface area (Å²) >= 11 is 0. The highest BCUT2D eigenvalue weighted by atomic mass is 28.4. The Balaban J connectivity index is 1.20. The van der Waals surface area contributed by atoms with Gasteiger partial charge in [0.15, 0.2) is 37.7 Å². The zero-order valence-electron chi connectivity index (χ0n) is 46.4. The molecule has 4 aromatic carbocycles. The largest absolute Gasteiger partial charge is 0.456 e. The monoisotopic (exact) mass is 1100 g/mol. The van der Waals surface area contributed by atoms with Crippen molar-refractivity contribution in [2.75, 3.05) is 6.61 Å². The number of amides is 1. The standard InChI is InChI=1S/C62H73NO15Si/c1-10-79(11-2,12-3)78-46-34-47-61(36-73-47,77-39(6)65)54-56(76-57(70)44-26-20-15-21-27-44)62(72)35-45(37(4)49(59(62,7)8)53(74-38(5)64)55(69)60(46,54)9)75-58(71)52(68)50(41-22-16-13-17-23-41)63-48(66)33-30-40-28-31-43(32-29-40)51(67)42-24-18-14-19-25-42/h13-29,31-32,45-47,50,52-54,56,68,72H,10-12,30,33-36H2,1-9H3,(H,63,66)/t45-,46-,47+,50-,52+,53+,54-,56-,60+,61-,62+/m0/s1. The van der Waals surface area contributed by atoms with Gasteiger partial charge in [-0.05, 0) is 72.8 Å². The minimum atomic E-state index is -2.66.